The Hall–Kier alpha value is -2.87. The Bertz CT molecular complexity index is 965. The molecule has 8 heteroatoms. The van der Waals surface area contributed by atoms with E-state index in [4.69, 9.17) is 4.42 Å². The summed E-state index contributed by atoms with van der Waals surface area (Å²) in [6, 6.07) is 7.88. The molecule has 0 radical (unpaired) electrons. The highest BCUT2D eigenvalue weighted by Crippen LogP contribution is 2.29. The lowest BCUT2D eigenvalue weighted by molar-refractivity contribution is -0.120. The lowest BCUT2D eigenvalue weighted by atomic mass is 10.2. The first-order valence-electron chi connectivity index (χ1n) is 8.77. The second kappa shape index (κ2) is 8.88. The molecule has 2 heterocycles. The van der Waals surface area contributed by atoms with Crippen LogP contribution in [0.5, 0.6) is 0 Å². The molecule has 1 aromatic carbocycles. The number of amides is 1. The Kier molecular flexibility index (Phi) is 6.30. The number of halogens is 1. The molecule has 0 aliphatic carbocycles. The van der Waals surface area contributed by atoms with E-state index in [9.17, 15) is 9.18 Å². The Labute approximate surface area is 166 Å². The zero-order valence-corrected chi connectivity index (χ0v) is 16.5. The van der Waals surface area contributed by atoms with Gasteiger partial charge in [0.2, 0.25) is 5.91 Å². The zero-order chi connectivity index (χ0) is 20.1. The first-order chi connectivity index (χ1) is 13.5. The van der Waals surface area contributed by atoms with Gasteiger partial charge < -0.3 is 9.73 Å². The molecule has 28 heavy (non-hydrogen) atoms. The summed E-state index contributed by atoms with van der Waals surface area (Å²) in [7, 11) is 0. The highest BCUT2D eigenvalue weighted by atomic mass is 32.2. The minimum atomic E-state index is -0.383. The quantitative estimate of drug-likeness (QED) is 0.458. The number of hydrogen-bond donors (Lipinski definition) is 1. The average Bonchev–Trinajstić information content (AvgIpc) is 3.27. The fourth-order valence-corrected chi connectivity index (χ4v) is 3.52. The van der Waals surface area contributed by atoms with Crippen molar-refractivity contribution in [2.24, 2.45) is 0 Å². The summed E-state index contributed by atoms with van der Waals surface area (Å²) < 4.78 is 20.2. The summed E-state index contributed by atoms with van der Waals surface area (Å²) in [6.07, 6.45) is 3.36. The van der Waals surface area contributed by atoms with Gasteiger partial charge in [-0.1, -0.05) is 30.0 Å². The molecule has 0 aliphatic heterocycles. The maximum Gasteiger partial charge on any atom is 0.233 e. The van der Waals surface area contributed by atoms with Crippen LogP contribution in [-0.4, -0.2) is 25.9 Å². The Morgan fingerprint density at radius 3 is 2.75 bits per heavy atom. The lowest BCUT2D eigenvalue weighted by Gasteiger charge is -2.13. The average molecular weight is 400 g/mol. The standard InChI is InChI=1S/C20H21FN4O2S/c1-4-10-25-18(17-9-11-27-13(17)2)23-24-20(25)28-14(3)19(26)22-12-15-5-7-16(21)8-6-15/h4-9,11,14H,1,10,12H2,2-3H3,(H,22,26). The third-order valence-corrected chi connectivity index (χ3v) is 5.24. The van der Waals surface area contributed by atoms with Gasteiger partial charge >= 0.3 is 0 Å². The van der Waals surface area contributed by atoms with E-state index in [1.807, 2.05) is 17.6 Å². The summed E-state index contributed by atoms with van der Waals surface area (Å²) >= 11 is 1.32. The molecule has 0 saturated heterocycles. The van der Waals surface area contributed by atoms with E-state index in [0.717, 1.165) is 16.9 Å². The van der Waals surface area contributed by atoms with Crippen LogP contribution in [0.4, 0.5) is 4.39 Å². The summed E-state index contributed by atoms with van der Waals surface area (Å²) in [6.45, 7) is 8.31. The number of aromatic nitrogens is 3. The summed E-state index contributed by atoms with van der Waals surface area (Å²) in [5.41, 5.74) is 1.69. The maximum atomic E-state index is 13.0. The largest absolute Gasteiger partial charge is 0.469 e. The molecule has 6 nitrogen and oxygen atoms in total. The topological polar surface area (TPSA) is 73.0 Å². The van der Waals surface area contributed by atoms with E-state index >= 15 is 0 Å². The van der Waals surface area contributed by atoms with Crippen LogP contribution in [0.2, 0.25) is 0 Å². The third kappa shape index (κ3) is 4.51. The van der Waals surface area contributed by atoms with Crippen LogP contribution in [0.15, 0.2) is 58.8 Å². The molecule has 3 aromatic rings. The van der Waals surface area contributed by atoms with E-state index < -0.39 is 0 Å². The van der Waals surface area contributed by atoms with E-state index in [1.165, 1.54) is 23.9 Å². The first-order valence-corrected chi connectivity index (χ1v) is 9.65. The molecule has 1 unspecified atom stereocenters. The third-order valence-electron chi connectivity index (χ3n) is 4.16. The summed E-state index contributed by atoms with van der Waals surface area (Å²) in [4.78, 5) is 12.4. The number of nitrogens with one attached hydrogen (secondary N) is 1. The minimum absolute atomic E-state index is 0.136. The van der Waals surface area contributed by atoms with Gasteiger partial charge in [0, 0.05) is 13.1 Å². The first kappa shape index (κ1) is 19.9. The normalized spacial score (nSPS) is 12.0. The second-order valence-corrected chi connectivity index (χ2v) is 7.51. The number of allylic oxidation sites excluding steroid dienone is 1. The van der Waals surface area contributed by atoms with E-state index in [1.54, 1.807) is 31.4 Å². The Morgan fingerprint density at radius 2 is 2.11 bits per heavy atom. The van der Waals surface area contributed by atoms with Gasteiger partial charge in [-0.05, 0) is 37.6 Å². The predicted molar refractivity (Wildman–Crippen MR) is 106 cm³/mol. The monoisotopic (exact) mass is 400 g/mol. The van der Waals surface area contributed by atoms with Crippen molar-refractivity contribution in [1.82, 2.24) is 20.1 Å². The van der Waals surface area contributed by atoms with Crippen molar-refractivity contribution in [3.8, 4) is 11.4 Å². The van der Waals surface area contributed by atoms with Crippen molar-refractivity contribution in [2.45, 2.75) is 37.3 Å². The predicted octanol–water partition coefficient (Wildman–Crippen LogP) is 3.97. The van der Waals surface area contributed by atoms with Gasteiger partial charge in [0.15, 0.2) is 11.0 Å². The van der Waals surface area contributed by atoms with Crippen LogP contribution in [0.1, 0.15) is 18.2 Å². The van der Waals surface area contributed by atoms with Gasteiger partial charge in [0.1, 0.15) is 11.6 Å². The van der Waals surface area contributed by atoms with Gasteiger partial charge in [-0.3, -0.25) is 9.36 Å². The van der Waals surface area contributed by atoms with Gasteiger partial charge in [0.25, 0.3) is 0 Å². The summed E-state index contributed by atoms with van der Waals surface area (Å²) in [5, 5.41) is 11.6. The van der Waals surface area contributed by atoms with Gasteiger partial charge in [-0.15, -0.1) is 16.8 Å². The molecule has 3 rings (SSSR count). The van der Waals surface area contributed by atoms with Gasteiger partial charge in [-0.2, -0.15) is 0 Å². The van der Waals surface area contributed by atoms with Crippen LogP contribution in [0.25, 0.3) is 11.4 Å². The molecule has 0 saturated carbocycles. The Balaban J connectivity index is 1.69. The van der Waals surface area contributed by atoms with Crippen molar-refractivity contribution in [2.75, 3.05) is 0 Å². The molecule has 1 atom stereocenters. The fourth-order valence-electron chi connectivity index (χ4n) is 2.63. The van der Waals surface area contributed by atoms with Crippen molar-refractivity contribution >= 4 is 17.7 Å². The smallest absolute Gasteiger partial charge is 0.233 e. The number of nitrogens with zero attached hydrogens (tertiary/aromatic N) is 3. The number of hydrogen-bond acceptors (Lipinski definition) is 5. The van der Waals surface area contributed by atoms with Crippen molar-refractivity contribution in [3.05, 3.63) is 66.4 Å². The van der Waals surface area contributed by atoms with Crippen molar-refractivity contribution < 1.29 is 13.6 Å². The highest BCUT2D eigenvalue weighted by Gasteiger charge is 2.21. The SMILES string of the molecule is C=CCn1c(SC(C)C(=O)NCc2ccc(F)cc2)nnc1-c1ccoc1C. The zero-order valence-electron chi connectivity index (χ0n) is 15.7. The minimum Gasteiger partial charge on any atom is -0.469 e. The molecule has 0 aliphatic rings. The molecule has 1 N–H and O–H groups in total. The fraction of sp³-hybridized carbons (Fsp3) is 0.250. The van der Waals surface area contributed by atoms with E-state index in [0.29, 0.717) is 24.1 Å². The molecular weight excluding hydrogens is 379 g/mol. The molecule has 2 aromatic heterocycles. The van der Waals surface area contributed by atoms with Gasteiger partial charge in [0.05, 0.1) is 17.1 Å². The number of carbonyl (C=O) groups excluding carboxylic acids is 1. The molecule has 1 amide bonds. The van der Waals surface area contributed by atoms with Crippen molar-refractivity contribution in [1.29, 1.82) is 0 Å². The van der Waals surface area contributed by atoms with Crippen LogP contribution in [-0.2, 0) is 17.9 Å². The van der Waals surface area contributed by atoms with Crippen LogP contribution in [0.3, 0.4) is 0 Å². The van der Waals surface area contributed by atoms with Gasteiger partial charge in [-0.25, -0.2) is 4.39 Å². The van der Waals surface area contributed by atoms with Crippen molar-refractivity contribution in [3.63, 3.8) is 0 Å². The number of thioether (sulfide) groups is 1. The number of benzene rings is 1. The lowest BCUT2D eigenvalue weighted by Crippen LogP contribution is -2.30. The second-order valence-electron chi connectivity index (χ2n) is 6.20. The number of rotatable bonds is 8. The molecule has 0 fully saturated rings. The maximum absolute atomic E-state index is 13.0. The highest BCUT2D eigenvalue weighted by molar-refractivity contribution is 8.00. The van der Waals surface area contributed by atoms with E-state index in [-0.39, 0.29) is 17.0 Å². The van der Waals surface area contributed by atoms with Crippen LogP contribution < -0.4 is 5.32 Å². The molecular formula is C20H21FN4O2S. The molecule has 0 spiro atoms. The Morgan fingerprint density at radius 1 is 1.36 bits per heavy atom. The van der Waals surface area contributed by atoms with Crippen LogP contribution in [0, 0.1) is 12.7 Å². The number of carbonyl (C=O) groups is 1. The van der Waals surface area contributed by atoms with E-state index in [2.05, 4.69) is 22.1 Å². The van der Waals surface area contributed by atoms with Crippen LogP contribution >= 0.6 is 11.8 Å². The number of furan rings is 1. The summed E-state index contributed by atoms with van der Waals surface area (Å²) in [5.74, 6) is 0.986. The molecule has 146 valence electrons. The number of aryl methyl sites for hydroxylation is 1. The molecule has 0 bridgehead atoms.